The van der Waals surface area contributed by atoms with Gasteiger partial charge in [-0.15, -0.1) is 0 Å². The molecule has 1 saturated carbocycles. The minimum atomic E-state index is -3.59. The zero-order valence-electron chi connectivity index (χ0n) is 10.7. The molecule has 1 fully saturated rings. The smallest absolute Gasteiger partial charge is 0.242 e. The highest BCUT2D eigenvalue weighted by molar-refractivity contribution is 7.89. The molecule has 19 heavy (non-hydrogen) atoms. The van der Waals surface area contributed by atoms with Crippen LogP contribution < -0.4 is 10.5 Å². The lowest BCUT2D eigenvalue weighted by Crippen LogP contribution is -2.38. The Morgan fingerprint density at radius 1 is 1.37 bits per heavy atom. The van der Waals surface area contributed by atoms with E-state index in [-0.39, 0.29) is 29.3 Å². The van der Waals surface area contributed by atoms with Crippen LogP contribution in [0.3, 0.4) is 0 Å². The van der Waals surface area contributed by atoms with Crippen molar-refractivity contribution in [2.75, 3.05) is 18.9 Å². The van der Waals surface area contributed by atoms with Gasteiger partial charge in [-0.3, -0.25) is 0 Å². The first-order valence-electron chi connectivity index (χ1n) is 6.30. The fraction of sp³-hybridized carbons (Fsp3) is 0.583. The molecule has 1 aromatic heterocycles. The van der Waals surface area contributed by atoms with E-state index < -0.39 is 10.0 Å². The van der Waals surface area contributed by atoms with Crippen LogP contribution in [0.2, 0.25) is 0 Å². The third-order valence-electron chi connectivity index (χ3n) is 3.71. The van der Waals surface area contributed by atoms with E-state index in [9.17, 15) is 13.5 Å². The summed E-state index contributed by atoms with van der Waals surface area (Å²) in [6.07, 6.45) is 5.01. The molecule has 106 valence electrons. The maximum absolute atomic E-state index is 12.1. The SMILES string of the molecule is Nc1ccc(S(=O)(=O)NCC2(CO)CCCC2)cn1. The molecule has 1 aromatic rings. The minimum absolute atomic E-state index is 0.00943. The summed E-state index contributed by atoms with van der Waals surface area (Å²) in [7, 11) is -3.59. The number of sulfonamides is 1. The summed E-state index contributed by atoms with van der Waals surface area (Å²) in [6, 6.07) is 2.87. The second kappa shape index (κ2) is 5.44. The molecule has 6 nitrogen and oxygen atoms in total. The first kappa shape index (κ1) is 14.2. The number of nitrogens with two attached hydrogens (primary N) is 1. The second-order valence-electron chi connectivity index (χ2n) is 5.11. The van der Waals surface area contributed by atoms with Crippen molar-refractivity contribution in [1.29, 1.82) is 0 Å². The van der Waals surface area contributed by atoms with Gasteiger partial charge in [-0.1, -0.05) is 12.8 Å². The molecule has 0 bridgehead atoms. The molecule has 0 amide bonds. The van der Waals surface area contributed by atoms with Crippen LogP contribution in [0.1, 0.15) is 25.7 Å². The number of rotatable bonds is 5. The van der Waals surface area contributed by atoms with Crippen molar-refractivity contribution in [3.8, 4) is 0 Å². The fourth-order valence-electron chi connectivity index (χ4n) is 2.40. The van der Waals surface area contributed by atoms with E-state index in [2.05, 4.69) is 9.71 Å². The largest absolute Gasteiger partial charge is 0.396 e. The van der Waals surface area contributed by atoms with Gasteiger partial charge < -0.3 is 10.8 Å². The Morgan fingerprint density at radius 2 is 2.05 bits per heavy atom. The molecule has 1 heterocycles. The van der Waals surface area contributed by atoms with Gasteiger partial charge in [-0.25, -0.2) is 18.1 Å². The van der Waals surface area contributed by atoms with Gasteiger partial charge in [0, 0.05) is 24.8 Å². The summed E-state index contributed by atoms with van der Waals surface area (Å²) in [6.45, 7) is 0.270. The number of aromatic nitrogens is 1. The number of hydrogen-bond donors (Lipinski definition) is 3. The zero-order valence-corrected chi connectivity index (χ0v) is 11.5. The molecule has 0 aliphatic heterocycles. The number of nitrogens with one attached hydrogen (secondary N) is 1. The van der Waals surface area contributed by atoms with Crippen LogP contribution in [-0.4, -0.2) is 31.7 Å². The molecular weight excluding hydrogens is 266 g/mol. The van der Waals surface area contributed by atoms with Gasteiger partial charge in [0.2, 0.25) is 10.0 Å². The molecule has 4 N–H and O–H groups in total. The van der Waals surface area contributed by atoms with Crippen molar-refractivity contribution < 1.29 is 13.5 Å². The van der Waals surface area contributed by atoms with Crippen LogP contribution in [0.4, 0.5) is 5.82 Å². The van der Waals surface area contributed by atoms with Gasteiger partial charge in [0.25, 0.3) is 0 Å². The lowest BCUT2D eigenvalue weighted by Gasteiger charge is -2.26. The third kappa shape index (κ3) is 3.23. The van der Waals surface area contributed by atoms with Gasteiger partial charge in [0.05, 0.1) is 0 Å². The van der Waals surface area contributed by atoms with Crippen molar-refractivity contribution in [1.82, 2.24) is 9.71 Å². The Labute approximate surface area is 113 Å². The van der Waals surface area contributed by atoms with E-state index in [1.165, 1.54) is 18.3 Å². The molecule has 0 unspecified atom stereocenters. The maximum atomic E-state index is 12.1. The molecule has 1 aliphatic rings. The number of aliphatic hydroxyl groups is 1. The van der Waals surface area contributed by atoms with Crippen LogP contribution in [0.25, 0.3) is 0 Å². The van der Waals surface area contributed by atoms with Gasteiger partial charge in [0.15, 0.2) is 0 Å². The summed E-state index contributed by atoms with van der Waals surface area (Å²) in [5.74, 6) is 0.279. The Bertz CT molecular complexity index is 522. The van der Waals surface area contributed by atoms with Crippen molar-refractivity contribution >= 4 is 15.8 Å². The van der Waals surface area contributed by atoms with Crippen molar-refractivity contribution in [3.63, 3.8) is 0 Å². The van der Waals surface area contributed by atoms with Gasteiger partial charge in [-0.2, -0.15) is 0 Å². The molecule has 2 rings (SSSR count). The Morgan fingerprint density at radius 3 is 2.58 bits per heavy atom. The standard InChI is InChI=1S/C12H19N3O3S/c13-11-4-3-10(7-14-11)19(17,18)15-8-12(9-16)5-1-2-6-12/h3-4,7,15-16H,1-2,5-6,8-9H2,(H2,13,14). The molecule has 0 radical (unpaired) electrons. The summed E-state index contributed by atoms with van der Waals surface area (Å²) in [4.78, 5) is 3.86. The van der Waals surface area contributed by atoms with Crippen LogP contribution in [0.15, 0.2) is 23.2 Å². The van der Waals surface area contributed by atoms with E-state index in [4.69, 9.17) is 5.73 Å². The highest BCUT2D eigenvalue weighted by Gasteiger charge is 2.34. The Kier molecular flexibility index (Phi) is 4.07. The highest BCUT2D eigenvalue weighted by Crippen LogP contribution is 2.37. The van der Waals surface area contributed by atoms with Gasteiger partial charge in [-0.05, 0) is 25.0 Å². The summed E-state index contributed by atoms with van der Waals surface area (Å²) >= 11 is 0. The molecule has 0 atom stereocenters. The molecule has 0 saturated heterocycles. The molecule has 0 aromatic carbocycles. The number of pyridine rings is 1. The number of anilines is 1. The van der Waals surface area contributed by atoms with Gasteiger partial charge in [0.1, 0.15) is 10.7 Å². The number of nitrogen functional groups attached to an aromatic ring is 1. The van der Waals surface area contributed by atoms with Crippen molar-refractivity contribution in [2.24, 2.45) is 5.41 Å². The van der Waals surface area contributed by atoms with E-state index in [1.54, 1.807) is 0 Å². The molecule has 1 aliphatic carbocycles. The predicted molar refractivity (Wildman–Crippen MR) is 71.8 cm³/mol. The predicted octanol–water partition coefficient (Wildman–Crippen LogP) is 0.495. The van der Waals surface area contributed by atoms with E-state index in [1.807, 2.05) is 0 Å². The minimum Gasteiger partial charge on any atom is -0.396 e. The third-order valence-corrected chi connectivity index (χ3v) is 5.09. The quantitative estimate of drug-likeness (QED) is 0.730. The fourth-order valence-corrected chi connectivity index (χ4v) is 3.50. The average Bonchev–Trinajstić information content (AvgIpc) is 2.87. The lowest BCUT2D eigenvalue weighted by atomic mass is 9.88. The number of hydrogen-bond acceptors (Lipinski definition) is 5. The summed E-state index contributed by atoms with van der Waals surface area (Å²) in [5, 5.41) is 9.46. The highest BCUT2D eigenvalue weighted by atomic mass is 32.2. The average molecular weight is 285 g/mol. The Hall–Kier alpha value is -1.18. The van der Waals surface area contributed by atoms with Crippen LogP contribution in [0, 0.1) is 5.41 Å². The first-order chi connectivity index (χ1) is 8.97. The van der Waals surface area contributed by atoms with Crippen molar-refractivity contribution in [2.45, 2.75) is 30.6 Å². The van der Waals surface area contributed by atoms with Crippen LogP contribution in [-0.2, 0) is 10.0 Å². The lowest BCUT2D eigenvalue weighted by molar-refractivity contribution is 0.134. The van der Waals surface area contributed by atoms with Crippen LogP contribution in [0.5, 0.6) is 0 Å². The van der Waals surface area contributed by atoms with E-state index >= 15 is 0 Å². The van der Waals surface area contributed by atoms with Gasteiger partial charge >= 0.3 is 0 Å². The normalized spacial score (nSPS) is 18.6. The molecule has 7 heteroatoms. The molecule has 0 spiro atoms. The number of nitrogens with zero attached hydrogens (tertiary/aromatic N) is 1. The first-order valence-corrected chi connectivity index (χ1v) is 7.78. The summed E-state index contributed by atoms with van der Waals surface area (Å²) in [5.41, 5.74) is 5.12. The van der Waals surface area contributed by atoms with Crippen molar-refractivity contribution in [3.05, 3.63) is 18.3 Å². The zero-order chi connectivity index (χ0) is 13.9. The van der Waals surface area contributed by atoms with E-state index in [0.29, 0.717) is 0 Å². The van der Waals surface area contributed by atoms with Crippen LogP contribution >= 0.6 is 0 Å². The Balaban J connectivity index is 2.07. The monoisotopic (exact) mass is 285 g/mol. The maximum Gasteiger partial charge on any atom is 0.242 e. The summed E-state index contributed by atoms with van der Waals surface area (Å²) < 4.78 is 26.7. The second-order valence-corrected chi connectivity index (χ2v) is 6.88. The topological polar surface area (TPSA) is 105 Å². The van der Waals surface area contributed by atoms with E-state index in [0.717, 1.165) is 25.7 Å². The number of aliphatic hydroxyl groups excluding tert-OH is 1. The molecular formula is C12H19N3O3S.